The van der Waals surface area contributed by atoms with Crippen molar-refractivity contribution in [3.05, 3.63) is 65.0 Å². The van der Waals surface area contributed by atoms with Crippen LogP contribution in [0.2, 0.25) is 0 Å². The molecule has 0 saturated carbocycles. The summed E-state index contributed by atoms with van der Waals surface area (Å²) in [6.45, 7) is 7.60. The van der Waals surface area contributed by atoms with Gasteiger partial charge in [-0.3, -0.25) is 4.98 Å². The lowest BCUT2D eigenvalue weighted by Gasteiger charge is -2.20. The van der Waals surface area contributed by atoms with Crippen LogP contribution in [-0.4, -0.2) is 11.5 Å². The molecular formula is C18H24N2. The Labute approximate surface area is 122 Å². The summed E-state index contributed by atoms with van der Waals surface area (Å²) in [6, 6.07) is 11.3. The minimum absolute atomic E-state index is 0.372. The van der Waals surface area contributed by atoms with E-state index in [4.69, 9.17) is 0 Å². The van der Waals surface area contributed by atoms with Gasteiger partial charge in [0.25, 0.3) is 0 Å². The molecule has 2 aromatic rings. The van der Waals surface area contributed by atoms with E-state index in [-0.39, 0.29) is 0 Å². The van der Waals surface area contributed by atoms with E-state index < -0.39 is 0 Å². The largest absolute Gasteiger partial charge is 0.310 e. The zero-order valence-corrected chi connectivity index (χ0v) is 12.7. The van der Waals surface area contributed by atoms with Crippen molar-refractivity contribution in [3.8, 4) is 0 Å². The van der Waals surface area contributed by atoms with Gasteiger partial charge in [0.15, 0.2) is 0 Å². The molecule has 2 rings (SSSR count). The van der Waals surface area contributed by atoms with Crippen LogP contribution in [0.3, 0.4) is 0 Å². The van der Waals surface area contributed by atoms with Crippen molar-refractivity contribution in [2.45, 2.75) is 39.7 Å². The maximum atomic E-state index is 4.09. The molecule has 20 heavy (non-hydrogen) atoms. The number of nitrogens with one attached hydrogen (secondary N) is 1. The zero-order chi connectivity index (χ0) is 14.4. The number of aromatic nitrogens is 1. The molecule has 0 bridgehead atoms. The van der Waals surface area contributed by atoms with Crippen molar-refractivity contribution in [2.24, 2.45) is 0 Å². The van der Waals surface area contributed by atoms with E-state index in [9.17, 15) is 0 Å². The van der Waals surface area contributed by atoms with Gasteiger partial charge in [-0.05, 0) is 67.6 Å². The molecule has 0 spiro atoms. The maximum Gasteiger partial charge on any atom is 0.0360 e. The van der Waals surface area contributed by atoms with Crippen molar-refractivity contribution in [1.29, 1.82) is 0 Å². The average Bonchev–Trinajstić information content (AvgIpc) is 2.47. The standard InChI is InChI=1S/C18H24N2/c1-4-9-20-18(13-16-7-10-19-11-8-16)17-6-5-14(2)15(3)12-17/h5-8,10-12,18,20H,4,9,13H2,1-3H3. The summed E-state index contributed by atoms with van der Waals surface area (Å²) in [5.74, 6) is 0. The third-order valence-corrected chi connectivity index (χ3v) is 3.76. The number of pyridine rings is 1. The Kier molecular flexibility index (Phi) is 5.31. The predicted octanol–water partition coefficient (Wildman–Crippen LogP) is 3.98. The van der Waals surface area contributed by atoms with Crippen LogP contribution in [-0.2, 0) is 6.42 Å². The number of benzene rings is 1. The van der Waals surface area contributed by atoms with Crippen molar-refractivity contribution < 1.29 is 0 Å². The third kappa shape index (κ3) is 3.91. The first kappa shape index (κ1) is 14.7. The summed E-state index contributed by atoms with van der Waals surface area (Å²) in [6.07, 6.45) is 5.89. The second kappa shape index (κ2) is 7.20. The highest BCUT2D eigenvalue weighted by molar-refractivity contribution is 5.32. The molecule has 0 amide bonds. The van der Waals surface area contributed by atoms with Gasteiger partial charge < -0.3 is 5.32 Å². The van der Waals surface area contributed by atoms with Gasteiger partial charge in [-0.1, -0.05) is 25.1 Å². The van der Waals surface area contributed by atoms with Crippen LogP contribution < -0.4 is 5.32 Å². The Morgan fingerprint density at radius 1 is 1.05 bits per heavy atom. The summed E-state index contributed by atoms with van der Waals surface area (Å²) < 4.78 is 0. The minimum atomic E-state index is 0.372. The van der Waals surface area contributed by atoms with Crippen LogP contribution in [0.15, 0.2) is 42.7 Å². The summed E-state index contributed by atoms with van der Waals surface area (Å²) in [7, 11) is 0. The van der Waals surface area contributed by atoms with Crippen LogP contribution in [0.1, 0.15) is 41.6 Å². The molecule has 1 aromatic carbocycles. The average molecular weight is 268 g/mol. The van der Waals surface area contributed by atoms with Crippen molar-refractivity contribution in [1.82, 2.24) is 10.3 Å². The van der Waals surface area contributed by atoms with E-state index in [2.05, 4.69) is 61.4 Å². The summed E-state index contributed by atoms with van der Waals surface area (Å²) in [5, 5.41) is 3.66. The van der Waals surface area contributed by atoms with E-state index in [1.807, 2.05) is 12.4 Å². The summed E-state index contributed by atoms with van der Waals surface area (Å²) in [4.78, 5) is 4.09. The smallest absolute Gasteiger partial charge is 0.0360 e. The van der Waals surface area contributed by atoms with Gasteiger partial charge in [-0.15, -0.1) is 0 Å². The minimum Gasteiger partial charge on any atom is -0.310 e. The Morgan fingerprint density at radius 3 is 2.45 bits per heavy atom. The van der Waals surface area contributed by atoms with E-state index in [1.54, 1.807) is 0 Å². The van der Waals surface area contributed by atoms with Crippen LogP contribution in [0.4, 0.5) is 0 Å². The summed E-state index contributed by atoms with van der Waals surface area (Å²) >= 11 is 0. The van der Waals surface area contributed by atoms with E-state index in [0.29, 0.717) is 6.04 Å². The van der Waals surface area contributed by atoms with Crippen molar-refractivity contribution >= 4 is 0 Å². The highest BCUT2D eigenvalue weighted by atomic mass is 14.9. The molecule has 1 heterocycles. The van der Waals surface area contributed by atoms with Gasteiger partial charge in [-0.2, -0.15) is 0 Å². The Morgan fingerprint density at radius 2 is 1.80 bits per heavy atom. The first-order valence-electron chi connectivity index (χ1n) is 7.40. The van der Waals surface area contributed by atoms with Crippen LogP contribution in [0.5, 0.6) is 0 Å². The fourth-order valence-corrected chi connectivity index (χ4v) is 2.36. The predicted molar refractivity (Wildman–Crippen MR) is 84.9 cm³/mol. The van der Waals surface area contributed by atoms with Gasteiger partial charge in [0, 0.05) is 18.4 Å². The lowest BCUT2D eigenvalue weighted by Crippen LogP contribution is -2.24. The van der Waals surface area contributed by atoms with Gasteiger partial charge in [0.05, 0.1) is 0 Å². The zero-order valence-electron chi connectivity index (χ0n) is 12.7. The Bertz CT molecular complexity index is 534. The highest BCUT2D eigenvalue weighted by Crippen LogP contribution is 2.21. The number of nitrogens with zero attached hydrogens (tertiary/aromatic N) is 1. The summed E-state index contributed by atoms with van der Waals surface area (Å²) in [5.41, 5.74) is 5.41. The molecule has 0 aliphatic carbocycles. The van der Waals surface area contributed by atoms with Gasteiger partial charge in [-0.25, -0.2) is 0 Å². The molecule has 1 atom stereocenters. The number of hydrogen-bond acceptors (Lipinski definition) is 2. The molecule has 0 fully saturated rings. The molecule has 2 heteroatoms. The molecule has 0 aliphatic rings. The highest BCUT2D eigenvalue weighted by Gasteiger charge is 2.12. The number of aryl methyl sites for hydroxylation is 2. The van der Waals surface area contributed by atoms with Gasteiger partial charge in [0.2, 0.25) is 0 Å². The van der Waals surface area contributed by atoms with Gasteiger partial charge in [0.1, 0.15) is 0 Å². The molecule has 0 aliphatic heterocycles. The molecular weight excluding hydrogens is 244 g/mol. The van der Waals surface area contributed by atoms with Crippen LogP contribution >= 0.6 is 0 Å². The molecule has 2 nitrogen and oxygen atoms in total. The molecule has 106 valence electrons. The second-order valence-electron chi connectivity index (χ2n) is 5.41. The first-order valence-corrected chi connectivity index (χ1v) is 7.40. The lowest BCUT2D eigenvalue weighted by molar-refractivity contribution is 0.529. The number of hydrogen-bond donors (Lipinski definition) is 1. The van der Waals surface area contributed by atoms with E-state index in [0.717, 1.165) is 19.4 Å². The monoisotopic (exact) mass is 268 g/mol. The van der Waals surface area contributed by atoms with Crippen molar-refractivity contribution in [2.75, 3.05) is 6.54 Å². The van der Waals surface area contributed by atoms with Crippen LogP contribution in [0, 0.1) is 13.8 Å². The molecule has 1 aromatic heterocycles. The lowest BCUT2D eigenvalue weighted by atomic mass is 9.96. The molecule has 0 saturated heterocycles. The molecule has 1 N–H and O–H groups in total. The Balaban J connectivity index is 2.20. The molecule has 0 radical (unpaired) electrons. The fraction of sp³-hybridized carbons (Fsp3) is 0.389. The normalized spacial score (nSPS) is 12.3. The van der Waals surface area contributed by atoms with Crippen molar-refractivity contribution in [3.63, 3.8) is 0 Å². The SMILES string of the molecule is CCCNC(Cc1ccncc1)c1ccc(C)c(C)c1. The molecule has 1 unspecified atom stereocenters. The Hall–Kier alpha value is -1.67. The van der Waals surface area contributed by atoms with Crippen LogP contribution in [0.25, 0.3) is 0 Å². The topological polar surface area (TPSA) is 24.9 Å². The number of rotatable bonds is 6. The van der Waals surface area contributed by atoms with E-state index >= 15 is 0 Å². The first-order chi connectivity index (χ1) is 9.70. The van der Waals surface area contributed by atoms with E-state index in [1.165, 1.54) is 22.3 Å². The quantitative estimate of drug-likeness (QED) is 0.857. The fourth-order valence-electron chi connectivity index (χ4n) is 2.36. The third-order valence-electron chi connectivity index (χ3n) is 3.76. The second-order valence-corrected chi connectivity index (χ2v) is 5.41. The maximum absolute atomic E-state index is 4.09. The van der Waals surface area contributed by atoms with Gasteiger partial charge >= 0.3 is 0 Å².